The molecule has 0 radical (unpaired) electrons. The van der Waals surface area contributed by atoms with Crippen molar-refractivity contribution in [2.24, 2.45) is 0 Å². The summed E-state index contributed by atoms with van der Waals surface area (Å²) in [6, 6.07) is 5.90. The minimum absolute atomic E-state index is 0.328. The molecule has 74 valence electrons. The van der Waals surface area contributed by atoms with Crippen molar-refractivity contribution >= 4 is 16.8 Å². The first kappa shape index (κ1) is 8.05. The molecular weight excluding hydrogens is 192 g/mol. The van der Waals surface area contributed by atoms with Crippen molar-refractivity contribution < 1.29 is 4.52 Å². The number of hydrogen-bond acceptors (Lipinski definition) is 4. The van der Waals surface area contributed by atoms with Gasteiger partial charge in [-0.25, -0.2) is 0 Å². The lowest BCUT2D eigenvalue weighted by atomic mass is 10.1. The minimum atomic E-state index is 0.328. The quantitative estimate of drug-likeness (QED) is 0.627. The minimum Gasteiger partial charge on any atom is -0.367 e. The molecule has 0 unspecified atom stereocenters. The molecule has 5 heteroatoms. The maximum absolute atomic E-state index is 5.64. The van der Waals surface area contributed by atoms with E-state index in [2.05, 4.69) is 15.4 Å². The van der Waals surface area contributed by atoms with Crippen molar-refractivity contribution in [3.05, 3.63) is 30.6 Å². The Morgan fingerprint density at radius 2 is 2.20 bits per heavy atom. The third kappa shape index (κ3) is 1.17. The molecule has 0 atom stereocenters. The van der Waals surface area contributed by atoms with Crippen LogP contribution < -0.4 is 5.73 Å². The van der Waals surface area contributed by atoms with E-state index in [-0.39, 0.29) is 0 Å². The molecule has 0 saturated heterocycles. The standard InChI is InChI=1S/C10H8N4O/c11-10-8(5-13-15-10)6-1-2-7-4-12-14-9(7)3-6/h1-5H,11H2,(H,12,14). The van der Waals surface area contributed by atoms with Gasteiger partial charge >= 0.3 is 0 Å². The number of nitrogens with two attached hydrogens (primary N) is 1. The molecule has 0 aliphatic heterocycles. The van der Waals surface area contributed by atoms with Crippen LogP contribution in [0.3, 0.4) is 0 Å². The molecule has 0 aliphatic rings. The summed E-state index contributed by atoms with van der Waals surface area (Å²) in [4.78, 5) is 0. The predicted molar refractivity (Wildman–Crippen MR) is 56.0 cm³/mol. The van der Waals surface area contributed by atoms with Gasteiger partial charge < -0.3 is 10.3 Å². The molecule has 5 nitrogen and oxygen atoms in total. The van der Waals surface area contributed by atoms with Gasteiger partial charge in [0.15, 0.2) is 0 Å². The van der Waals surface area contributed by atoms with Gasteiger partial charge in [0.1, 0.15) is 0 Å². The summed E-state index contributed by atoms with van der Waals surface area (Å²) in [6.07, 6.45) is 3.38. The van der Waals surface area contributed by atoms with Crippen molar-refractivity contribution in [3.8, 4) is 11.1 Å². The molecule has 3 aromatic rings. The highest BCUT2D eigenvalue weighted by molar-refractivity contribution is 5.85. The third-order valence-corrected chi connectivity index (χ3v) is 2.35. The Hall–Kier alpha value is -2.30. The van der Waals surface area contributed by atoms with E-state index in [1.54, 1.807) is 12.4 Å². The zero-order chi connectivity index (χ0) is 10.3. The van der Waals surface area contributed by atoms with Crippen LogP contribution in [-0.4, -0.2) is 15.4 Å². The Morgan fingerprint density at radius 1 is 1.27 bits per heavy atom. The normalized spacial score (nSPS) is 10.9. The number of fused-ring (bicyclic) bond motifs is 1. The van der Waals surface area contributed by atoms with Crippen LogP contribution >= 0.6 is 0 Å². The van der Waals surface area contributed by atoms with E-state index in [1.165, 1.54) is 0 Å². The van der Waals surface area contributed by atoms with E-state index in [9.17, 15) is 0 Å². The van der Waals surface area contributed by atoms with Crippen molar-refractivity contribution in [2.75, 3.05) is 5.73 Å². The number of aromatic amines is 1. The molecule has 0 saturated carbocycles. The fraction of sp³-hybridized carbons (Fsp3) is 0. The number of hydrogen-bond donors (Lipinski definition) is 2. The molecule has 2 heterocycles. The van der Waals surface area contributed by atoms with Crippen LogP contribution in [0.4, 0.5) is 5.88 Å². The highest BCUT2D eigenvalue weighted by Gasteiger charge is 2.07. The molecule has 0 aliphatic carbocycles. The topological polar surface area (TPSA) is 80.7 Å². The first-order valence-corrected chi connectivity index (χ1v) is 4.48. The average molecular weight is 200 g/mol. The summed E-state index contributed by atoms with van der Waals surface area (Å²) in [5.74, 6) is 0.328. The number of nitrogens with one attached hydrogen (secondary N) is 1. The number of rotatable bonds is 1. The lowest BCUT2D eigenvalue weighted by molar-refractivity contribution is 0.436. The second-order valence-electron chi connectivity index (χ2n) is 3.28. The van der Waals surface area contributed by atoms with Crippen LogP contribution in [0.1, 0.15) is 0 Å². The molecule has 0 amide bonds. The van der Waals surface area contributed by atoms with E-state index in [0.29, 0.717) is 5.88 Å². The predicted octanol–water partition coefficient (Wildman–Crippen LogP) is 1.80. The van der Waals surface area contributed by atoms with Gasteiger partial charge in [-0.1, -0.05) is 17.3 Å². The Labute approximate surface area is 84.9 Å². The Kier molecular flexibility index (Phi) is 1.53. The molecule has 0 fully saturated rings. The number of nitrogens with zero attached hydrogens (tertiary/aromatic N) is 2. The highest BCUT2D eigenvalue weighted by atomic mass is 16.5. The highest BCUT2D eigenvalue weighted by Crippen LogP contribution is 2.27. The van der Waals surface area contributed by atoms with Crippen LogP contribution in [0.2, 0.25) is 0 Å². The molecule has 3 N–H and O–H groups in total. The van der Waals surface area contributed by atoms with Gasteiger partial charge in [0.2, 0.25) is 5.88 Å². The number of aromatic nitrogens is 3. The zero-order valence-electron chi connectivity index (χ0n) is 7.77. The van der Waals surface area contributed by atoms with Gasteiger partial charge in [-0.3, -0.25) is 5.10 Å². The molecule has 1 aromatic carbocycles. The smallest absolute Gasteiger partial charge is 0.229 e. The first-order chi connectivity index (χ1) is 7.34. The second-order valence-corrected chi connectivity index (χ2v) is 3.28. The summed E-state index contributed by atoms with van der Waals surface area (Å²) in [7, 11) is 0. The lowest BCUT2D eigenvalue weighted by Crippen LogP contribution is -1.84. The number of anilines is 1. The average Bonchev–Trinajstić information content (AvgIpc) is 2.84. The van der Waals surface area contributed by atoms with Crippen LogP contribution in [0.5, 0.6) is 0 Å². The van der Waals surface area contributed by atoms with E-state index in [1.807, 2.05) is 18.2 Å². The SMILES string of the molecule is Nc1oncc1-c1ccc2cn[nH]c2c1. The maximum Gasteiger partial charge on any atom is 0.229 e. The number of nitrogen functional groups attached to an aromatic ring is 1. The van der Waals surface area contributed by atoms with Gasteiger partial charge in [-0.2, -0.15) is 5.10 Å². The fourth-order valence-corrected chi connectivity index (χ4v) is 1.57. The summed E-state index contributed by atoms with van der Waals surface area (Å²) in [5, 5.41) is 11.6. The van der Waals surface area contributed by atoms with E-state index >= 15 is 0 Å². The summed E-state index contributed by atoms with van der Waals surface area (Å²) >= 11 is 0. The van der Waals surface area contributed by atoms with Gasteiger partial charge in [0.05, 0.1) is 23.5 Å². The van der Waals surface area contributed by atoms with E-state index in [4.69, 9.17) is 10.3 Å². The third-order valence-electron chi connectivity index (χ3n) is 2.35. The van der Waals surface area contributed by atoms with Crippen molar-refractivity contribution in [2.45, 2.75) is 0 Å². The second kappa shape index (κ2) is 2.84. The van der Waals surface area contributed by atoms with Crippen LogP contribution in [-0.2, 0) is 0 Å². The molecular formula is C10H8N4O. The monoisotopic (exact) mass is 200 g/mol. The van der Waals surface area contributed by atoms with Gasteiger partial charge in [-0.15, -0.1) is 0 Å². The molecule has 2 aromatic heterocycles. The van der Waals surface area contributed by atoms with E-state index < -0.39 is 0 Å². The van der Waals surface area contributed by atoms with E-state index in [0.717, 1.165) is 22.0 Å². The summed E-state index contributed by atoms with van der Waals surface area (Å²) in [5.41, 5.74) is 8.36. The molecule has 0 spiro atoms. The van der Waals surface area contributed by atoms with Gasteiger partial charge in [0.25, 0.3) is 0 Å². The fourth-order valence-electron chi connectivity index (χ4n) is 1.57. The lowest BCUT2D eigenvalue weighted by Gasteiger charge is -1.97. The zero-order valence-corrected chi connectivity index (χ0v) is 7.77. The Morgan fingerprint density at radius 3 is 3.00 bits per heavy atom. The van der Waals surface area contributed by atoms with Crippen molar-refractivity contribution in [3.63, 3.8) is 0 Å². The van der Waals surface area contributed by atoms with Gasteiger partial charge in [-0.05, 0) is 11.6 Å². The largest absolute Gasteiger partial charge is 0.367 e. The Balaban J connectivity index is 2.23. The molecule has 3 rings (SSSR count). The van der Waals surface area contributed by atoms with Crippen LogP contribution in [0, 0.1) is 0 Å². The van der Waals surface area contributed by atoms with Crippen molar-refractivity contribution in [1.82, 2.24) is 15.4 Å². The number of H-pyrrole nitrogens is 1. The maximum atomic E-state index is 5.64. The first-order valence-electron chi connectivity index (χ1n) is 4.48. The Bertz CT molecular complexity index is 610. The molecule has 15 heavy (non-hydrogen) atoms. The van der Waals surface area contributed by atoms with Gasteiger partial charge in [0, 0.05) is 5.39 Å². The number of benzene rings is 1. The summed E-state index contributed by atoms with van der Waals surface area (Å²) in [6.45, 7) is 0. The van der Waals surface area contributed by atoms with Crippen molar-refractivity contribution in [1.29, 1.82) is 0 Å². The van der Waals surface area contributed by atoms with Crippen LogP contribution in [0.25, 0.3) is 22.0 Å². The molecule has 0 bridgehead atoms. The van der Waals surface area contributed by atoms with Crippen LogP contribution in [0.15, 0.2) is 35.1 Å². The summed E-state index contributed by atoms with van der Waals surface area (Å²) < 4.78 is 4.81.